The number of rotatable bonds is 11. The molecule has 0 spiro atoms. The number of aliphatic hydroxyl groups excluding tert-OH is 2. The Morgan fingerprint density at radius 1 is 1.09 bits per heavy atom. The van der Waals surface area contributed by atoms with E-state index >= 15 is 0 Å². The summed E-state index contributed by atoms with van der Waals surface area (Å²) < 4.78 is 14.2. The third-order valence-corrected chi connectivity index (χ3v) is 6.82. The fourth-order valence-corrected chi connectivity index (χ4v) is 5.22. The van der Waals surface area contributed by atoms with Crippen molar-refractivity contribution in [2.45, 2.75) is 40.0 Å². The predicted octanol–water partition coefficient (Wildman–Crippen LogP) is 4.36. The minimum Gasteiger partial charge on any atom is -0.395 e. The molecule has 1 saturated heterocycles. The first-order valence-corrected chi connectivity index (χ1v) is 12.6. The Morgan fingerprint density at radius 2 is 1.74 bits per heavy atom. The van der Waals surface area contributed by atoms with E-state index in [9.17, 15) is 9.18 Å². The van der Waals surface area contributed by atoms with Crippen LogP contribution in [0.15, 0.2) is 42.5 Å². The number of hydrogen-bond donors (Lipinski definition) is 2. The highest BCUT2D eigenvalue weighted by Crippen LogP contribution is 2.34. The largest absolute Gasteiger partial charge is 0.395 e. The maximum absolute atomic E-state index is 14.2. The first kappa shape index (κ1) is 27.1. The highest BCUT2D eigenvalue weighted by Gasteiger charge is 2.34. The Balaban J connectivity index is 1.72. The molecule has 1 fully saturated rings. The molecule has 2 atom stereocenters. The molecule has 1 heterocycles. The molecular formula is C29H39FN2O3. The van der Waals surface area contributed by atoms with Crippen LogP contribution in [0.5, 0.6) is 0 Å². The molecular weight excluding hydrogens is 443 g/mol. The van der Waals surface area contributed by atoms with Gasteiger partial charge in [-0.2, -0.15) is 0 Å². The van der Waals surface area contributed by atoms with E-state index < -0.39 is 0 Å². The third kappa shape index (κ3) is 7.23. The minimum absolute atomic E-state index is 0.0819. The van der Waals surface area contributed by atoms with Crippen LogP contribution in [0, 0.1) is 31.5 Å². The normalized spacial score (nSPS) is 18.7. The van der Waals surface area contributed by atoms with Crippen molar-refractivity contribution in [3.05, 3.63) is 70.5 Å². The molecule has 0 bridgehead atoms. The van der Waals surface area contributed by atoms with Crippen molar-refractivity contribution >= 4 is 17.7 Å². The Morgan fingerprint density at radius 3 is 2.37 bits per heavy atom. The molecule has 5 nitrogen and oxygen atoms in total. The summed E-state index contributed by atoms with van der Waals surface area (Å²) in [6.45, 7) is 8.71. The van der Waals surface area contributed by atoms with Crippen molar-refractivity contribution in [2.75, 3.05) is 44.3 Å². The first-order valence-electron chi connectivity index (χ1n) is 12.6. The lowest BCUT2D eigenvalue weighted by atomic mass is 9.84. The minimum atomic E-state index is -0.178. The summed E-state index contributed by atoms with van der Waals surface area (Å²) in [6.07, 6.45) is 6.41. The maximum Gasteiger partial charge on any atom is 0.229 e. The Kier molecular flexibility index (Phi) is 10.0. The van der Waals surface area contributed by atoms with Crippen LogP contribution < -0.4 is 4.90 Å². The van der Waals surface area contributed by atoms with Gasteiger partial charge in [-0.05, 0) is 79.5 Å². The van der Waals surface area contributed by atoms with Crippen LogP contribution in [0.1, 0.15) is 42.0 Å². The number of halogens is 1. The number of hydrogen-bond acceptors (Lipinski definition) is 4. The lowest BCUT2D eigenvalue weighted by molar-refractivity contribution is -0.124. The molecule has 35 heavy (non-hydrogen) atoms. The second-order valence-corrected chi connectivity index (χ2v) is 9.73. The molecule has 1 aliphatic rings. The fourth-order valence-electron chi connectivity index (χ4n) is 5.22. The van der Waals surface area contributed by atoms with Crippen molar-refractivity contribution in [1.29, 1.82) is 0 Å². The molecule has 0 saturated carbocycles. The average molecular weight is 483 g/mol. The number of aryl methyl sites for hydroxylation is 2. The summed E-state index contributed by atoms with van der Waals surface area (Å²) >= 11 is 0. The maximum atomic E-state index is 14.2. The summed E-state index contributed by atoms with van der Waals surface area (Å²) in [6, 6.07) is 11.1. The molecule has 190 valence electrons. The Labute approximate surface area is 208 Å². The lowest BCUT2D eigenvalue weighted by Gasteiger charge is -2.38. The molecule has 1 amide bonds. The van der Waals surface area contributed by atoms with Gasteiger partial charge in [0.05, 0.1) is 13.2 Å². The first-order chi connectivity index (χ1) is 16.8. The van der Waals surface area contributed by atoms with Crippen LogP contribution in [0.3, 0.4) is 0 Å². The zero-order valence-corrected chi connectivity index (χ0v) is 21.2. The van der Waals surface area contributed by atoms with Crippen molar-refractivity contribution in [1.82, 2.24) is 4.90 Å². The zero-order chi connectivity index (χ0) is 25.4. The molecule has 1 aliphatic heterocycles. The van der Waals surface area contributed by atoms with Gasteiger partial charge in [-0.1, -0.05) is 37.3 Å². The van der Waals surface area contributed by atoms with E-state index in [-0.39, 0.29) is 36.8 Å². The number of carbonyl (C=O) groups is 1. The fraction of sp³-hybridized carbons (Fsp3) is 0.483. The van der Waals surface area contributed by atoms with E-state index in [1.807, 2.05) is 42.7 Å². The second-order valence-electron chi connectivity index (χ2n) is 9.73. The van der Waals surface area contributed by atoms with Crippen molar-refractivity contribution < 1.29 is 19.4 Å². The summed E-state index contributed by atoms with van der Waals surface area (Å²) in [5.41, 5.74) is 4.87. The van der Waals surface area contributed by atoms with Gasteiger partial charge < -0.3 is 15.1 Å². The predicted molar refractivity (Wildman–Crippen MR) is 140 cm³/mol. The molecule has 0 aliphatic carbocycles. The number of amides is 1. The van der Waals surface area contributed by atoms with Gasteiger partial charge in [-0.15, -0.1) is 0 Å². The lowest BCUT2D eigenvalue weighted by Crippen LogP contribution is -2.46. The van der Waals surface area contributed by atoms with Crippen molar-refractivity contribution in [3.63, 3.8) is 0 Å². The van der Waals surface area contributed by atoms with Crippen LogP contribution in [0.2, 0.25) is 0 Å². The molecule has 0 unspecified atom stereocenters. The van der Waals surface area contributed by atoms with Gasteiger partial charge in [0, 0.05) is 37.8 Å². The number of aliphatic hydroxyl groups is 2. The number of piperidine rings is 1. The number of carbonyl (C=O) groups excluding carboxylic acids is 1. The quantitative estimate of drug-likeness (QED) is 0.499. The number of nitrogens with zero attached hydrogens (tertiary/aromatic N) is 2. The second kappa shape index (κ2) is 13.0. The van der Waals surface area contributed by atoms with Crippen LogP contribution in [0.4, 0.5) is 10.1 Å². The van der Waals surface area contributed by atoms with Gasteiger partial charge in [-0.25, -0.2) is 4.39 Å². The van der Waals surface area contributed by atoms with E-state index in [0.29, 0.717) is 31.6 Å². The highest BCUT2D eigenvalue weighted by atomic mass is 19.1. The van der Waals surface area contributed by atoms with E-state index in [2.05, 4.69) is 24.3 Å². The van der Waals surface area contributed by atoms with Gasteiger partial charge in [0.1, 0.15) is 5.82 Å². The summed E-state index contributed by atoms with van der Waals surface area (Å²) in [4.78, 5) is 17.1. The smallest absolute Gasteiger partial charge is 0.229 e. The number of anilines is 1. The Bertz CT molecular complexity index is 994. The molecule has 3 rings (SSSR count). The van der Waals surface area contributed by atoms with Crippen LogP contribution in [-0.2, 0) is 11.2 Å². The summed E-state index contributed by atoms with van der Waals surface area (Å²) in [7, 11) is 0. The van der Waals surface area contributed by atoms with E-state index in [1.165, 1.54) is 6.07 Å². The van der Waals surface area contributed by atoms with Gasteiger partial charge in [-0.3, -0.25) is 9.69 Å². The van der Waals surface area contributed by atoms with Crippen LogP contribution in [0.25, 0.3) is 6.08 Å². The van der Waals surface area contributed by atoms with E-state index in [4.69, 9.17) is 10.2 Å². The summed E-state index contributed by atoms with van der Waals surface area (Å²) in [5, 5.41) is 18.3. The van der Waals surface area contributed by atoms with Gasteiger partial charge in [0.2, 0.25) is 5.91 Å². The molecule has 6 heteroatoms. The highest BCUT2D eigenvalue weighted by molar-refractivity contribution is 5.97. The van der Waals surface area contributed by atoms with Crippen LogP contribution >= 0.6 is 0 Å². The van der Waals surface area contributed by atoms with Crippen molar-refractivity contribution in [2.24, 2.45) is 11.8 Å². The molecule has 2 aromatic rings. The Hall–Kier alpha value is -2.54. The van der Waals surface area contributed by atoms with Gasteiger partial charge in [0.25, 0.3) is 0 Å². The summed E-state index contributed by atoms with van der Waals surface area (Å²) in [5.74, 6) is 0.0681. The van der Waals surface area contributed by atoms with Crippen molar-refractivity contribution in [3.8, 4) is 0 Å². The van der Waals surface area contributed by atoms with Gasteiger partial charge in [0.15, 0.2) is 0 Å². The SMILES string of the molecule is Cc1cc(/C=C/CCN(CCO)CCO)cc(C)c1N1C[C@@H](Cc2ccccc2F)C[C@@H](C)C1=O. The van der Waals surface area contributed by atoms with Crippen LogP contribution in [-0.4, -0.2) is 60.4 Å². The molecule has 2 aromatic carbocycles. The van der Waals surface area contributed by atoms with Gasteiger partial charge >= 0.3 is 0 Å². The zero-order valence-electron chi connectivity index (χ0n) is 21.2. The van der Waals surface area contributed by atoms with E-state index in [1.54, 1.807) is 6.07 Å². The molecule has 0 aromatic heterocycles. The average Bonchev–Trinajstić information content (AvgIpc) is 2.81. The third-order valence-electron chi connectivity index (χ3n) is 6.82. The monoisotopic (exact) mass is 482 g/mol. The van der Waals surface area contributed by atoms with E-state index in [0.717, 1.165) is 41.8 Å². The molecule has 2 N–H and O–H groups in total. The number of benzene rings is 2. The topological polar surface area (TPSA) is 64.0 Å². The molecule has 0 radical (unpaired) electrons. The standard InChI is InChI=1S/C29H39FN2O3/c1-21-16-24(8-6-7-11-31(12-14-33)13-15-34)17-22(2)28(21)32-20-25(18-23(3)29(32)35)19-26-9-4-5-10-27(26)30/h4-6,8-10,16-17,23,25,33-34H,7,11-15,18-20H2,1-3H3/b8-6+/t23-,25-/m1/s1.